The molecular formula is C16H14N2. The van der Waals surface area contributed by atoms with E-state index in [9.17, 15) is 0 Å². The van der Waals surface area contributed by atoms with Gasteiger partial charge in [0.05, 0.1) is 11.4 Å². The van der Waals surface area contributed by atoms with Crippen LogP contribution >= 0.6 is 0 Å². The molecule has 2 heteroatoms. The second-order valence-corrected chi connectivity index (χ2v) is 4.48. The van der Waals surface area contributed by atoms with Gasteiger partial charge in [0.2, 0.25) is 0 Å². The van der Waals surface area contributed by atoms with E-state index >= 15 is 0 Å². The number of pyridine rings is 2. The van der Waals surface area contributed by atoms with Crippen molar-refractivity contribution in [2.75, 3.05) is 0 Å². The molecule has 0 unspecified atom stereocenters. The molecule has 0 amide bonds. The van der Waals surface area contributed by atoms with Crippen molar-refractivity contribution in [3.63, 3.8) is 0 Å². The first-order chi connectivity index (χ1) is 8.74. The Balaban J connectivity index is 2.24. The predicted octanol–water partition coefficient (Wildman–Crippen LogP) is 3.91. The largest absolute Gasteiger partial charge is 0.251 e. The number of rotatable bonds is 1. The lowest BCUT2D eigenvalue weighted by Gasteiger charge is -2.06. The number of benzene rings is 1. The van der Waals surface area contributed by atoms with Gasteiger partial charge in [-0.1, -0.05) is 30.3 Å². The Morgan fingerprint density at radius 2 is 1.61 bits per heavy atom. The molecular weight excluding hydrogens is 220 g/mol. The van der Waals surface area contributed by atoms with Gasteiger partial charge >= 0.3 is 0 Å². The van der Waals surface area contributed by atoms with Gasteiger partial charge in [0.15, 0.2) is 0 Å². The normalized spacial score (nSPS) is 10.8. The second kappa shape index (κ2) is 4.22. The van der Waals surface area contributed by atoms with Gasteiger partial charge in [-0.3, -0.25) is 9.97 Å². The summed E-state index contributed by atoms with van der Waals surface area (Å²) in [6.07, 6.45) is 0. The Morgan fingerprint density at radius 3 is 2.44 bits per heavy atom. The first-order valence-electron chi connectivity index (χ1n) is 6.04. The first-order valence-corrected chi connectivity index (χ1v) is 6.04. The molecule has 0 N–H and O–H groups in total. The highest BCUT2D eigenvalue weighted by Gasteiger charge is 2.05. The van der Waals surface area contributed by atoms with Gasteiger partial charge in [-0.15, -0.1) is 0 Å². The molecule has 0 saturated heterocycles. The molecule has 2 aromatic heterocycles. The fraction of sp³-hybridized carbons (Fsp3) is 0.125. The molecule has 88 valence electrons. The molecule has 2 nitrogen and oxygen atoms in total. The summed E-state index contributed by atoms with van der Waals surface area (Å²) in [4.78, 5) is 9.18. The molecule has 3 rings (SSSR count). The summed E-state index contributed by atoms with van der Waals surface area (Å²) in [7, 11) is 0. The number of fused-ring (bicyclic) bond motifs is 1. The van der Waals surface area contributed by atoms with E-state index in [1.165, 1.54) is 10.8 Å². The van der Waals surface area contributed by atoms with Crippen LogP contribution in [-0.2, 0) is 0 Å². The van der Waals surface area contributed by atoms with Gasteiger partial charge in [0, 0.05) is 16.8 Å². The van der Waals surface area contributed by atoms with E-state index in [1.54, 1.807) is 0 Å². The topological polar surface area (TPSA) is 25.8 Å². The Bertz CT molecular complexity index is 717. The lowest BCUT2D eigenvalue weighted by atomic mass is 10.1. The van der Waals surface area contributed by atoms with Crippen molar-refractivity contribution in [3.8, 4) is 11.4 Å². The van der Waals surface area contributed by atoms with Crippen molar-refractivity contribution >= 4 is 10.8 Å². The van der Waals surface area contributed by atoms with Gasteiger partial charge in [0.25, 0.3) is 0 Å². The van der Waals surface area contributed by atoms with Crippen LogP contribution in [0.15, 0.2) is 48.5 Å². The quantitative estimate of drug-likeness (QED) is 0.638. The highest BCUT2D eigenvalue weighted by molar-refractivity contribution is 5.87. The maximum Gasteiger partial charge on any atom is 0.0895 e. The minimum atomic E-state index is 0.934. The summed E-state index contributed by atoms with van der Waals surface area (Å²) >= 11 is 0. The van der Waals surface area contributed by atoms with Crippen LogP contribution in [0.2, 0.25) is 0 Å². The second-order valence-electron chi connectivity index (χ2n) is 4.48. The molecule has 2 heterocycles. The van der Waals surface area contributed by atoms with Gasteiger partial charge in [-0.25, -0.2) is 0 Å². The molecule has 0 aliphatic heterocycles. The van der Waals surface area contributed by atoms with Crippen LogP contribution in [-0.4, -0.2) is 9.97 Å². The van der Waals surface area contributed by atoms with Crippen molar-refractivity contribution < 1.29 is 0 Å². The SMILES string of the molecule is Cc1cccc(-c2cc3ccccc3c(C)n2)n1. The standard InChI is InChI=1S/C16H14N2/c1-11-6-5-9-15(17-11)16-10-13-7-3-4-8-14(13)12(2)18-16/h3-10H,1-2H3. The van der Waals surface area contributed by atoms with Crippen molar-refractivity contribution in [3.05, 3.63) is 59.9 Å². The molecule has 0 radical (unpaired) electrons. The summed E-state index contributed by atoms with van der Waals surface area (Å²) in [5, 5.41) is 2.41. The van der Waals surface area contributed by atoms with E-state index in [2.05, 4.69) is 34.2 Å². The van der Waals surface area contributed by atoms with Crippen LogP contribution in [0.4, 0.5) is 0 Å². The van der Waals surface area contributed by atoms with E-state index < -0.39 is 0 Å². The highest BCUT2D eigenvalue weighted by atomic mass is 14.8. The van der Waals surface area contributed by atoms with Gasteiger partial charge < -0.3 is 0 Å². The molecule has 0 aliphatic rings. The van der Waals surface area contributed by atoms with E-state index in [1.807, 2.05) is 38.1 Å². The zero-order valence-corrected chi connectivity index (χ0v) is 10.5. The molecule has 0 saturated carbocycles. The Kier molecular flexibility index (Phi) is 2.56. The van der Waals surface area contributed by atoms with E-state index in [-0.39, 0.29) is 0 Å². The number of hydrogen-bond donors (Lipinski definition) is 0. The van der Waals surface area contributed by atoms with Crippen molar-refractivity contribution in [1.82, 2.24) is 9.97 Å². The summed E-state index contributed by atoms with van der Waals surface area (Å²) in [5.74, 6) is 0. The molecule has 0 fully saturated rings. The monoisotopic (exact) mass is 234 g/mol. The minimum absolute atomic E-state index is 0.934. The average Bonchev–Trinajstić information content (AvgIpc) is 2.39. The fourth-order valence-electron chi connectivity index (χ4n) is 2.19. The molecule has 0 atom stereocenters. The Hall–Kier alpha value is -2.22. The third-order valence-electron chi connectivity index (χ3n) is 3.08. The van der Waals surface area contributed by atoms with Crippen LogP contribution in [0.3, 0.4) is 0 Å². The molecule has 18 heavy (non-hydrogen) atoms. The summed E-state index contributed by atoms with van der Waals surface area (Å²) in [6.45, 7) is 4.04. The van der Waals surface area contributed by atoms with E-state index in [4.69, 9.17) is 0 Å². The van der Waals surface area contributed by atoms with Gasteiger partial charge in [0.1, 0.15) is 0 Å². The molecule has 3 aromatic rings. The number of hydrogen-bond acceptors (Lipinski definition) is 2. The van der Waals surface area contributed by atoms with Crippen LogP contribution in [0.1, 0.15) is 11.4 Å². The van der Waals surface area contributed by atoms with Crippen molar-refractivity contribution in [1.29, 1.82) is 0 Å². The van der Waals surface area contributed by atoms with Gasteiger partial charge in [-0.2, -0.15) is 0 Å². The Morgan fingerprint density at radius 1 is 0.778 bits per heavy atom. The highest BCUT2D eigenvalue weighted by Crippen LogP contribution is 2.23. The van der Waals surface area contributed by atoms with Crippen LogP contribution < -0.4 is 0 Å². The zero-order valence-electron chi connectivity index (χ0n) is 10.5. The maximum atomic E-state index is 4.65. The number of aromatic nitrogens is 2. The average molecular weight is 234 g/mol. The summed E-state index contributed by atoms with van der Waals surface area (Å²) in [6, 6.07) is 16.4. The van der Waals surface area contributed by atoms with Crippen molar-refractivity contribution in [2.24, 2.45) is 0 Å². The number of aryl methyl sites for hydroxylation is 2. The lowest BCUT2D eigenvalue weighted by molar-refractivity contribution is 1.16. The smallest absolute Gasteiger partial charge is 0.0895 e. The third-order valence-corrected chi connectivity index (χ3v) is 3.08. The van der Waals surface area contributed by atoms with Crippen molar-refractivity contribution in [2.45, 2.75) is 13.8 Å². The Labute approximate surface area is 106 Å². The fourth-order valence-corrected chi connectivity index (χ4v) is 2.19. The lowest BCUT2D eigenvalue weighted by Crippen LogP contribution is -1.92. The molecule has 0 bridgehead atoms. The third kappa shape index (κ3) is 1.86. The summed E-state index contributed by atoms with van der Waals surface area (Å²) < 4.78 is 0. The number of nitrogens with zero attached hydrogens (tertiary/aromatic N) is 2. The van der Waals surface area contributed by atoms with E-state index in [0.717, 1.165) is 22.8 Å². The predicted molar refractivity (Wildman–Crippen MR) is 74.4 cm³/mol. The molecule has 0 spiro atoms. The van der Waals surface area contributed by atoms with Gasteiger partial charge in [-0.05, 0) is 37.4 Å². The maximum absolute atomic E-state index is 4.65. The van der Waals surface area contributed by atoms with E-state index in [0.29, 0.717) is 0 Å². The molecule has 1 aromatic carbocycles. The molecule has 0 aliphatic carbocycles. The summed E-state index contributed by atoms with van der Waals surface area (Å²) in [5.41, 5.74) is 3.94. The van der Waals surface area contributed by atoms with Crippen LogP contribution in [0, 0.1) is 13.8 Å². The first kappa shape index (κ1) is 10.9. The zero-order chi connectivity index (χ0) is 12.5. The van der Waals surface area contributed by atoms with Crippen LogP contribution in [0.5, 0.6) is 0 Å². The minimum Gasteiger partial charge on any atom is -0.251 e. The van der Waals surface area contributed by atoms with Crippen LogP contribution in [0.25, 0.3) is 22.2 Å².